The molecule has 0 radical (unpaired) electrons. The summed E-state index contributed by atoms with van der Waals surface area (Å²) in [5, 5.41) is 17.9. The number of anilines is 4. The molecule has 0 saturated carbocycles. The number of halogens is 1. The minimum atomic E-state index is -0.860. The van der Waals surface area contributed by atoms with Crippen LogP contribution in [0, 0.1) is 5.92 Å². The molecule has 0 aliphatic carbocycles. The maximum atomic E-state index is 11.6. The van der Waals surface area contributed by atoms with E-state index in [4.69, 9.17) is 23.1 Å². The second-order valence-electron chi connectivity index (χ2n) is 12.7. The number of hydrogen-bond acceptors (Lipinski definition) is 11. The van der Waals surface area contributed by atoms with Gasteiger partial charge in [0.2, 0.25) is 5.91 Å². The van der Waals surface area contributed by atoms with Crippen LogP contribution in [-0.4, -0.2) is 70.5 Å². The molecular weight excluding hydrogens is 610 g/mol. The summed E-state index contributed by atoms with van der Waals surface area (Å²) in [7, 11) is 0. The van der Waals surface area contributed by atoms with Crippen LogP contribution in [0.15, 0.2) is 52.6 Å². The Morgan fingerprint density at radius 1 is 1.11 bits per heavy atom. The molecular formula is C32H42ClN9O2S. The molecule has 0 bridgehead atoms. The maximum absolute atomic E-state index is 11.6. The van der Waals surface area contributed by atoms with E-state index in [9.17, 15) is 9.90 Å². The number of rotatable bonds is 8. The van der Waals surface area contributed by atoms with Crippen molar-refractivity contribution in [2.24, 2.45) is 11.7 Å². The highest BCUT2D eigenvalue weighted by Gasteiger charge is 2.30. The lowest BCUT2D eigenvalue weighted by Crippen LogP contribution is -2.48. The summed E-state index contributed by atoms with van der Waals surface area (Å²) < 4.78 is 0. The number of aromatic nitrogens is 3. The molecule has 3 aliphatic heterocycles. The highest BCUT2D eigenvalue weighted by Crippen LogP contribution is 2.39. The summed E-state index contributed by atoms with van der Waals surface area (Å²) in [5.41, 5.74) is 14.4. The monoisotopic (exact) mass is 651 g/mol. The standard InChI is InChI=1S/C32H42ClN9O2S/c1-32(35)10-15-42(16-11-32)26-19-38-31(29(34)39-26)45-24-4-2-3-23(28(24)33)37-18-20-8-13-41(14-9-20)25-17-21(7-12-36-25)22-5-6-27(43)40-30(22)44/h2-4,7,12,17,19-20,22,30,37,44H,5-6,8-11,13-16,18,35H2,1H3,(H2,34,39)(H,40,43). The Morgan fingerprint density at radius 3 is 2.60 bits per heavy atom. The normalized spacial score (nSPS) is 22.3. The lowest BCUT2D eigenvalue weighted by Gasteiger charge is -2.37. The number of aliphatic hydroxyl groups excluding tert-OH is 1. The molecule has 13 heteroatoms. The van der Waals surface area contributed by atoms with E-state index >= 15 is 0 Å². The van der Waals surface area contributed by atoms with Crippen molar-refractivity contribution in [3.63, 3.8) is 0 Å². The fraction of sp³-hybridized carbons (Fsp3) is 0.500. The average molecular weight is 652 g/mol. The summed E-state index contributed by atoms with van der Waals surface area (Å²) in [6.07, 6.45) is 7.62. The molecule has 3 aromatic rings. The van der Waals surface area contributed by atoms with Crippen molar-refractivity contribution in [2.75, 3.05) is 53.6 Å². The average Bonchev–Trinajstić information content (AvgIpc) is 3.03. The van der Waals surface area contributed by atoms with Crippen molar-refractivity contribution < 1.29 is 9.90 Å². The van der Waals surface area contributed by atoms with Gasteiger partial charge in [-0.1, -0.05) is 29.4 Å². The maximum Gasteiger partial charge on any atom is 0.222 e. The van der Waals surface area contributed by atoms with E-state index in [1.165, 1.54) is 11.8 Å². The van der Waals surface area contributed by atoms with Gasteiger partial charge in [-0.2, -0.15) is 0 Å². The van der Waals surface area contributed by atoms with E-state index < -0.39 is 6.23 Å². The highest BCUT2D eigenvalue weighted by molar-refractivity contribution is 7.99. The van der Waals surface area contributed by atoms with E-state index in [1.54, 1.807) is 12.4 Å². The smallest absolute Gasteiger partial charge is 0.222 e. The number of benzene rings is 1. The molecule has 240 valence electrons. The van der Waals surface area contributed by atoms with E-state index in [2.05, 4.69) is 48.4 Å². The number of nitrogen functional groups attached to an aromatic ring is 1. The SMILES string of the molecule is CC1(N)CCN(c2cnc(Sc3cccc(NCC4CCN(c5cc(C6CCC(=O)NC6O)ccn5)CC4)c3Cl)c(N)n2)CC1. The number of aliphatic hydroxyl groups is 1. The predicted octanol–water partition coefficient (Wildman–Crippen LogP) is 4.22. The van der Waals surface area contributed by atoms with Gasteiger partial charge in [-0.05, 0) is 74.8 Å². The fourth-order valence-corrected chi connectivity index (χ4v) is 7.40. The van der Waals surface area contributed by atoms with Gasteiger partial charge in [-0.25, -0.2) is 15.0 Å². The third-order valence-corrected chi connectivity index (χ3v) is 10.8. The van der Waals surface area contributed by atoms with E-state index in [1.807, 2.05) is 24.3 Å². The Hall–Kier alpha value is -3.32. The summed E-state index contributed by atoms with van der Waals surface area (Å²) in [5.74, 6) is 2.36. The van der Waals surface area contributed by atoms with Crippen molar-refractivity contribution in [3.05, 3.63) is 53.3 Å². The van der Waals surface area contributed by atoms with Crippen LogP contribution in [0.25, 0.3) is 0 Å². The van der Waals surface area contributed by atoms with Crippen LogP contribution in [0.3, 0.4) is 0 Å². The van der Waals surface area contributed by atoms with E-state index in [0.717, 1.165) is 86.2 Å². The molecule has 2 aromatic heterocycles. The Bertz CT molecular complexity index is 1510. The summed E-state index contributed by atoms with van der Waals surface area (Å²) >= 11 is 8.28. The van der Waals surface area contributed by atoms with Crippen LogP contribution in [0.4, 0.5) is 23.1 Å². The fourth-order valence-electron chi connectivity index (χ4n) is 6.28. The second-order valence-corrected chi connectivity index (χ2v) is 14.1. The molecule has 11 nitrogen and oxygen atoms in total. The first-order chi connectivity index (χ1) is 21.6. The number of carbonyl (C=O) groups excluding carboxylic acids is 1. The minimum Gasteiger partial charge on any atom is -0.384 e. The molecule has 3 fully saturated rings. The van der Waals surface area contributed by atoms with Gasteiger partial charge in [0.05, 0.1) is 16.9 Å². The van der Waals surface area contributed by atoms with Gasteiger partial charge in [-0.3, -0.25) is 4.79 Å². The van der Waals surface area contributed by atoms with Gasteiger partial charge in [0.1, 0.15) is 22.9 Å². The lowest BCUT2D eigenvalue weighted by atomic mass is 9.90. The summed E-state index contributed by atoms with van der Waals surface area (Å²) in [4.78, 5) is 30.8. The zero-order valence-electron chi connectivity index (χ0n) is 25.6. The molecule has 3 aliphatic rings. The van der Waals surface area contributed by atoms with Crippen molar-refractivity contribution in [3.8, 4) is 0 Å². The molecule has 2 atom stereocenters. The Labute approximate surface area is 273 Å². The number of hydrogen-bond donors (Lipinski definition) is 5. The largest absolute Gasteiger partial charge is 0.384 e. The van der Waals surface area contributed by atoms with Crippen LogP contribution in [0.1, 0.15) is 56.9 Å². The van der Waals surface area contributed by atoms with E-state index in [-0.39, 0.29) is 17.4 Å². The number of amides is 1. The molecule has 2 unspecified atom stereocenters. The number of piperidine rings is 3. The molecule has 0 spiro atoms. The van der Waals surface area contributed by atoms with Crippen molar-refractivity contribution >= 4 is 52.4 Å². The number of pyridine rings is 1. The summed E-state index contributed by atoms with van der Waals surface area (Å²) in [6.45, 7) is 6.37. The van der Waals surface area contributed by atoms with Gasteiger partial charge in [0.25, 0.3) is 0 Å². The predicted molar refractivity (Wildman–Crippen MR) is 180 cm³/mol. The lowest BCUT2D eigenvalue weighted by molar-refractivity contribution is -0.127. The van der Waals surface area contributed by atoms with E-state index in [0.29, 0.717) is 34.6 Å². The molecule has 1 amide bonds. The topological polar surface area (TPSA) is 159 Å². The van der Waals surface area contributed by atoms with Crippen LogP contribution in [0.5, 0.6) is 0 Å². The van der Waals surface area contributed by atoms with Gasteiger partial charge in [-0.15, -0.1) is 0 Å². The van der Waals surface area contributed by atoms with Crippen molar-refractivity contribution in [2.45, 2.75) is 73.1 Å². The second kappa shape index (κ2) is 13.6. The minimum absolute atomic E-state index is 0.103. The van der Waals surface area contributed by atoms with Gasteiger partial charge in [0.15, 0.2) is 5.82 Å². The molecule has 1 aromatic carbocycles. The van der Waals surface area contributed by atoms with Gasteiger partial charge >= 0.3 is 0 Å². The van der Waals surface area contributed by atoms with Crippen LogP contribution >= 0.6 is 23.4 Å². The van der Waals surface area contributed by atoms with Crippen LogP contribution in [-0.2, 0) is 4.79 Å². The number of nitrogens with one attached hydrogen (secondary N) is 2. The quantitative estimate of drug-likeness (QED) is 0.237. The Kier molecular flexibility index (Phi) is 9.55. The molecule has 6 rings (SSSR count). The first-order valence-electron chi connectivity index (χ1n) is 15.7. The highest BCUT2D eigenvalue weighted by atomic mass is 35.5. The zero-order valence-corrected chi connectivity index (χ0v) is 27.2. The third-order valence-electron chi connectivity index (χ3n) is 9.24. The van der Waals surface area contributed by atoms with Crippen LogP contribution < -0.4 is 31.9 Å². The molecule has 5 heterocycles. The first-order valence-corrected chi connectivity index (χ1v) is 16.9. The van der Waals surface area contributed by atoms with Crippen molar-refractivity contribution in [1.29, 1.82) is 0 Å². The van der Waals surface area contributed by atoms with Crippen LogP contribution in [0.2, 0.25) is 5.02 Å². The summed E-state index contributed by atoms with van der Waals surface area (Å²) in [6, 6.07) is 9.95. The van der Waals surface area contributed by atoms with Gasteiger partial charge in [0, 0.05) is 61.7 Å². The Morgan fingerprint density at radius 2 is 1.87 bits per heavy atom. The number of nitrogens with two attached hydrogens (primary N) is 2. The number of nitrogens with zero attached hydrogens (tertiary/aromatic N) is 5. The molecule has 45 heavy (non-hydrogen) atoms. The first kappa shape index (κ1) is 31.7. The third kappa shape index (κ3) is 7.57. The molecule has 3 saturated heterocycles. The van der Waals surface area contributed by atoms with Crippen molar-refractivity contribution in [1.82, 2.24) is 20.3 Å². The number of carbonyl (C=O) groups is 1. The zero-order chi connectivity index (χ0) is 31.6. The van der Waals surface area contributed by atoms with Gasteiger partial charge < -0.3 is 37.0 Å². The Balaban J connectivity index is 1.02. The molecule has 7 N–H and O–H groups in total.